The zero-order chi connectivity index (χ0) is 9.30. The summed E-state index contributed by atoms with van der Waals surface area (Å²) in [6, 6.07) is 0. The van der Waals surface area contributed by atoms with Crippen molar-refractivity contribution in [2.24, 2.45) is 0 Å². The minimum absolute atomic E-state index is 0.329. The minimum atomic E-state index is -1.13. The highest BCUT2D eigenvalue weighted by Gasteiger charge is 2.40. The van der Waals surface area contributed by atoms with Gasteiger partial charge in [0.15, 0.2) is 0 Å². The van der Waals surface area contributed by atoms with Crippen LogP contribution in [0.2, 0.25) is 0 Å². The number of aliphatic hydroxyl groups excluding tert-OH is 3. The highest BCUT2D eigenvalue weighted by Crippen LogP contribution is 2.21. The number of rotatable bonds is 1. The molecule has 0 saturated carbocycles. The van der Waals surface area contributed by atoms with Gasteiger partial charge in [-0.2, -0.15) is 12.6 Å². The molecule has 0 aliphatic carbocycles. The second-order valence-corrected chi connectivity index (χ2v) is 3.40. The molecule has 0 bridgehead atoms. The van der Waals surface area contributed by atoms with Gasteiger partial charge in [0, 0.05) is 5.75 Å². The van der Waals surface area contributed by atoms with Crippen molar-refractivity contribution in [1.82, 2.24) is 0 Å². The molecule has 5 heteroatoms. The second-order valence-electron chi connectivity index (χ2n) is 3.03. The van der Waals surface area contributed by atoms with E-state index in [9.17, 15) is 15.3 Å². The summed E-state index contributed by atoms with van der Waals surface area (Å²) in [7, 11) is 0. The summed E-state index contributed by atoms with van der Waals surface area (Å²) in [4.78, 5) is 0. The summed E-state index contributed by atoms with van der Waals surface area (Å²) in [5.41, 5.74) is 0. The van der Waals surface area contributed by atoms with E-state index in [-0.39, 0.29) is 0 Å². The maximum Gasteiger partial charge on any atom is 0.111 e. The molecule has 3 N–H and O–H groups in total. The molecule has 0 aromatic carbocycles. The Morgan fingerprint density at radius 2 is 1.75 bits per heavy atom. The number of hydrogen-bond acceptors (Lipinski definition) is 5. The lowest BCUT2D eigenvalue weighted by Gasteiger charge is -2.38. The predicted molar refractivity (Wildman–Crippen MR) is 46.2 cm³/mol. The summed E-state index contributed by atoms with van der Waals surface area (Å²) in [6.07, 6.45) is -4.15. The van der Waals surface area contributed by atoms with Crippen LogP contribution in [0.15, 0.2) is 0 Å². The van der Waals surface area contributed by atoms with E-state index >= 15 is 0 Å². The van der Waals surface area contributed by atoms with Crippen molar-refractivity contribution < 1.29 is 20.1 Å². The Bertz CT molecular complexity index is 150. The van der Waals surface area contributed by atoms with E-state index in [4.69, 9.17) is 4.74 Å². The van der Waals surface area contributed by atoms with E-state index < -0.39 is 30.5 Å². The largest absolute Gasteiger partial charge is 0.388 e. The van der Waals surface area contributed by atoms with Gasteiger partial charge in [-0.3, -0.25) is 0 Å². The quantitative estimate of drug-likeness (QED) is 0.395. The molecule has 0 radical (unpaired) electrons. The number of thiol groups is 1. The smallest absolute Gasteiger partial charge is 0.111 e. The van der Waals surface area contributed by atoms with Crippen molar-refractivity contribution in [2.45, 2.75) is 37.4 Å². The van der Waals surface area contributed by atoms with Gasteiger partial charge >= 0.3 is 0 Å². The molecule has 2 unspecified atom stereocenters. The van der Waals surface area contributed by atoms with Crippen molar-refractivity contribution in [3.63, 3.8) is 0 Å². The molecule has 4 nitrogen and oxygen atoms in total. The van der Waals surface area contributed by atoms with Gasteiger partial charge < -0.3 is 20.1 Å². The third kappa shape index (κ3) is 1.75. The molecule has 0 aromatic rings. The van der Waals surface area contributed by atoms with Crippen LogP contribution in [0.25, 0.3) is 0 Å². The van der Waals surface area contributed by atoms with Crippen molar-refractivity contribution in [1.29, 1.82) is 0 Å². The molecule has 5 atom stereocenters. The Morgan fingerprint density at radius 3 is 2.25 bits per heavy atom. The monoisotopic (exact) mass is 194 g/mol. The third-order valence-electron chi connectivity index (χ3n) is 2.13. The van der Waals surface area contributed by atoms with Crippen LogP contribution in [0.4, 0.5) is 0 Å². The fourth-order valence-electron chi connectivity index (χ4n) is 1.29. The van der Waals surface area contributed by atoms with Crippen LogP contribution in [0.1, 0.15) is 6.92 Å². The first-order chi connectivity index (χ1) is 5.57. The summed E-state index contributed by atoms with van der Waals surface area (Å²) < 4.78 is 5.19. The molecular weight excluding hydrogens is 180 g/mol. The van der Waals surface area contributed by atoms with Gasteiger partial charge in [0.2, 0.25) is 0 Å². The van der Waals surface area contributed by atoms with E-state index in [1.807, 2.05) is 0 Å². The number of ether oxygens (including phenoxy) is 1. The first kappa shape index (κ1) is 10.3. The lowest BCUT2D eigenvalue weighted by atomic mass is 9.97. The Labute approximate surface area is 76.6 Å². The third-order valence-corrected chi connectivity index (χ3v) is 2.49. The molecule has 72 valence electrons. The summed E-state index contributed by atoms with van der Waals surface area (Å²) in [6.45, 7) is 1.65. The zero-order valence-corrected chi connectivity index (χ0v) is 7.69. The fraction of sp³-hybridized carbons (Fsp3) is 1.00. The van der Waals surface area contributed by atoms with E-state index in [0.29, 0.717) is 5.75 Å². The van der Waals surface area contributed by atoms with Gasteiger partial charge in [0.25, 0.3) is 0 Å². The molecule has 1 saturated heterocycles. The molecular formula is C7H14O4S. The van der Waals surface area contributed by atoms with Crippen LogP contribution in [0, 0.1) is 0 Å². The van der Waals surface area contributed by atoms with Crippen molar-refractivity contribution >= 4 is 12.6 Å². The number of aliphatic hydroxyl groups is 3. The molecule has 1 rings (SSSR count). The first-order valence-electron chi connectivity index (χ1n) is 3.88. The van der Waals surface area contributed by atoms with Crippen molar-refractivity contribution in [3.05, 3.63) is 0 Å². The van der Waals surface area contributed by atoms with Gasteiger partial charge in [-0.15, -0.1) is 0 Å². The Balaban J connectivity index is 2.63. The normalized spacial score (nSPS) is 49.2. The maximum atomic E-state index is 9.34. The molecule has 0 spiro atoms. The van der Waals surface area contributed by atoms with Gasteiger partial charge in [0.05, 0.1) is 12.2 Å². The van der Waals surface area contributed by atoms with E-state index in [1.54, 1.807) is 6.92 Å². The average molecular weight is 194 g/mol. The molecule has 1 fully saturated rings. The molecule has 0 aromatic heterocycles. The fourth-order valence-corrected chi connectivity index (χ4v) is 1.59. The predicted octanol–water partition coefficient (Wildman–Crippen LogP) is -1.21. The molecule has 1 aliphatic heterocycles. The van der Waals surface area contributed by atoms with Crippen molar-refractivity contribution in [3.8, 4) is 0 Å². The minimum Gasteiger partial charge on any atom is -0.388 e. The zero-order valence-electron chi connectivity index (χ0n) is 6.79. The van der Waals surface area contributed by atoms with Gasteiger partial charge in [-0.05, 0) is 6.92 Å². The molecule has 12 heavy (non-hydrogen) atoms. The molecule has 1 heterocycles. The van der Waals surface area contributed by atoms with E-state index in [1.165, 1.54) is 0 Å². The van der Waals surface area contributed by atoms with Crippen LogP contribution < -0.4 is 0 Å². The van der Waals surface area contributed by atoms with Crippen LogP contribution in [-0.4, -0.2) is 51.6 Å². The van der Waals surface area contributed by atoms with Gasteiger partial charge in [0.1, 0.15) is 18.3 Å². The van der Waals surface area contributed by atoms with Gasteiger partial charge in [-0.25, -0.2) is 0 Å². The van der Waals surface area contributed by atoms with Crippen LogP contribution in [-0.2, 0) is 4.74 Å². The lowest BCUT2D eigenvalue weighted by Crippen LogP contribution is -2.57. The van der Waals surface area contributed by atoms with Crippen molar-refractivity contribution in [2.75, 3.05) is 5.75 Å². The van der Waals surface area contributed by atoms with Crippen LogP contribution in [0.3, 0.4) is 0 Å². The molecule has 0 amide bonds. The summed E-state index contributed by atoms with van der Waals surface area (Å²) in [5.74, 6) is 0.329. The van der Waals surface area contributed by atoms with Crippen LogP contribution in [0.5, 0.6) is 0 Å². The van der Waals surface area contributed by atoms with Gasteiger partial charge in [-0.1, -0.05) is 0 Å². The van der Waals surface area contributed by atoms with E-state index in [2.05, 4.69) is 12.6 Å². The van der Waals surface area contributed by atoms with E-state index in [0.717, 1.165) is 0 Å². The average Bonchev–Trinajstić information content (AvgIpc) is 2.08. The Hall–Kier alpha value is 0.190. The lowest BCUT2D eigenvalue weighted by molar-refractivity contribution is -0.210. The summed E-state index contributed by atoms with van der Waals surface area (Å²) in [5, 5.41) is 27.9. The second kappa shape index (κ2) is 3.93. The maximum absolute atomic E-state index is 9.34. The standard InChI is InChI=1S/C7H14O4S/c1-3-5(8)7(10)6(9)4(2-12)11-3/h3-10,12H,2H2,1H3/t3-,4?,5?,6-,7+/m0/s1. The highest BCUT2D eigenvalue weighted by molar-refractivity contribution is 7.80. The highest BCUT2D eigenvalue weighted by atomic mass is 32.1. The topological polar surface area (TPSA) is 69.9 Å². The van der Waals surface area contributed by atoms with Crippen LogP contribution >= 0.6 is 12.6 Å². The summed E-state index contributed by atoms with van der Waals surface area (Å²) >= 11 is 3.96. The first-order valence-corrected chi connectivity index (χ1v) is 4.51. The number of hydrogen-bond donors (Lipinski definition) is 4. The Morgan fingerprint density at radius 1 is 1.17 bits per heavy atom. The molecule has 1 aliphatic rings. The SMILES string of the molecule is C[C@@H]1OC(CS)[C@H](O)[C@H](O)C1O. The Kier molecular flexibility index (Phi) is 3.37.